The molecule has 25 heavy (non-hydrogen) atoms. The van der Waals surface area contributed by atoms with Crippen molar-refractivity contribution in [2.45, 2.75) is 34.2 Å². The number of guanidine groups is 1. The molecule has 0 heterocycles. The number of carbonyl (C=O) groups excluding carboxylic acids is 1. The standard InChI is InChI=1S/C18H29FN4O.HI/c1-6-20-16(24)18(3,4)13-22-17(21-7-2)23(5)12-14-8-10-15(19)11-9-14;/h8-11H,6-7,12-13H2,1-5H3,(H,20,24)(H,21,22);1H. The first-order chi connectivity index (χ1) is 11.3. The van der Waals surface area contributed by atoms with Gasteiger partial charge >= 0.3 is 0 Å². The molecule has 0 spiro atoms. The quantitative estimate of drug-likeness (QED) is 0.371. The Morgan fingerprint density at radius 1 is 1.16 bits per heavy atom. The topological polar surface area (TPSA) is 56.7 Å². The van der Waals surface area contributed by atoms with Gasteiger partial charge in [0.05, 0.1) is 12.0 Å². The smallest absolute Gasteiger partial charge is 0.227 e. The highest BCUT2D eigenvalue weighted by molar-refractivity contribution is 14.0. The summed E-state index contributed by atoms with van der Waals surface area (Å²) in [6, 6.07) is 6.42. The van der Waals surface area contributed by atoms with Crippen molar-refractivity contribution < 1.29 is 9.18 Å². The minimum atomic E-state index is -0.576. The van der Waals surface area contributed by atoms with Crippen molar-refractivity contribution >= 4 is 35.8 Å². The van der Waals surface area contributed by atoms with Gasteiger partial charge in [-0.25, -0.2) is 4.39 Å². The lowest BCUT2D eigenvalue weighted by Gasteiger charge is -2.25. The van der Waals surface area contributed by atoms with Crippen molar-refractivity contribution in [2.75, 3.05) is 26.7 Å². The third kappa shape index (κ3) is 8.02. The molecule has 142 valence electrons. The van der Waals surface area contributed by atoms with E-state index in [1.54, 1.807) is 12.1 Å². The number of benzene rings is 1. The molecule has 0 saturated heterocycles. The van der Waals surface area contributed by atoms with Gasteiger partial charge in [-0.2, -0.15) is 0 Å². The molecule has 0 fully saturated rings. The van der Waals surface area contributed by atoms with Crippen molar-refractivity contribution in [1.29, 1.82) is 0 Å². The van der Waals surface area contributed by atoms with E-state index in [0.717, 1.165) is 18.1 Å². The summed E-state index contributed by atoms with van der Waals surface area (Å²) in [4.78, 5) is 18.6. The van der Waals surface area contributed by atoms with Gasteiger partial charge in [0.2, 0.25) is 5.91 Å². The van der Waals surface area contributed by atoms with Crippen molar-refractivity contribution in [2.24, 2.45) is 10.4 Å². The number of halogens is 2. The predicted molar refractivity (Wildman–Crippen MR) is 112 cm³/mol. The second-order valence-corrected chi connectivity index (χ2v) is 6.40. The monoisotopic (exact) mass is 464 g/mol. The average Bonchev–Trinajstić information content (AvgIpc) is 2.53. The summed E-state index contributed by atoms with van der Waals surface area (Å²) in [5, 5.41) is 6.07. The molecule has 0 atom stereocenters. The second-order valence-electron chi connectivity index (χ2n) is 6.40. The first kappa shape index (κ1) is 23.6. The van der Waals surface area contributed by atoms with Gasteiger partial charge in [0, 0.05) is 26.7 Å². The summed E-state index contributed by atoms with van der Waals surface area (Å²) < 4.78 is 13.0. The Bertz CT molecular complexity index is 561. The Balaban J connectivity index is 0.00000576. The highest BCUT2D eigenvalue weighted by Gasteiger charge is 2.27. The van der Waals surface area contributed by atoms with Crippen molar-refractivity contribution in [3.63, 3.8) is 0 Å². The summed E-state index contributed by atoms with van der Waals surface area (Å²) in [7, 11) is 1.92. The number of rotatable bonds is 7. The maximum atomic E-state index is 13.0. The summed E-state index contributed by atoms with van der Waals surface area (Å²) in [6.07, 6.45) is 0. The number of hydrogen-bond acceptors (Lipinski definition) is 2. The summed E-state index contributed by atoms with van der Waals surface area (Å²) in [5.74, 6) is 0.468. The van der Waals surface area contributed by atoms with Gasteiger partial charge in [-0.3, -0.25) is 9.79 Å². The molecule has 1 aromatic rings. The first-order valence-electron chi connectivity index (χ1n) is 8.32. The maximum absolute atomic E-state index is 13.0. The van der Waals surface area contributed by atoms with E-state index >= 15 is 0 Å². The molecule has 1 amide bonds. The minimum absolute atomic E-state index is 0. The lowest BCUT2D eigenvalue weighted by Crippen LogP contribution is -2.42. The van der Waals surface area contributed by atoms with Crippen LogP contribution in [0.1, 0.15) is 33.3 Å². The highest BCUT2D eigenvalue weighted by Crippen LogP contribution is 2.16. The molecular formula is C18H30FIN4O. The molecule has 2 N–H and O–H groups in total. The number of hydrogen-bond donors (Lipinski definition) is 2. The average molecular weight is 464 g/mol. The van der Waals surface area contributed by atoms with E-state index < -0.39 is 5.41 Å². The number of aliphatic imine (C=N–C) groups is 1. The predicted octanol–water partition coefficient (Wildman–Crippen LogP) is 3.00. The van der Waals surface area contributed by atoms with Crippen LogP contribution in [0.5, 0.6) is 0 Å². The van der Waals surface area contributed by atoms with Crippen LogP contribution in [-0.4, -0.2) is 43.4 Å². The van der Waals surface area contributed by atoms with Gasteiger partial charge in [-0.15, -0.1) is 24.0 Å². The Kier molecular flexibility index (Phi) is 10.7. The molecule has 5 nitrogen and oxygen atoms in total. The molecule has 0 unspecified atom stereocenters. The van der Waals surface area contributed by atoms with Gasteiger partial charge in [0.15, 0.2) is 5.96 Å². The van der Waals surface area contributed by atoms with Crippen LogP contribution < -0.4 is 10.6 Å². The Morgan fingerprint density at radius 3 is 2.24 bits per heavy atom. The molecule has 0 radical (unpaired) electrons. The maximum Gasteiger partial charge on any atom is 0.227 e. The highest BCUT2D eigenvalue weighted by atomic mass is 127. The van der Waals surface area contributed by atoms with Crippen LogP contribution in [0.4, 0.5) is 4.39 Å². The van der Waals surface area contributed by atoms with Crippen LogP contribution in [0.25, 0.3) is 0 Å². The molecule has 7 heteroatoms. The lowest BCUT2D eigenvalue weighted by molar-refractivity contribution is -0.128. The van der Waals surface area contributed by atoms with E-state index in [1.165, 1.54) is 12.1 Å². The van der Waals surface area contributed by atoms with Crippen LogP contribution >= 0.6 is 24.0 Å². The Labute approximate surface area is 167 Å². The fraction of sp³-hybridized carbons (Fsp3) is 0.556. The van der Waals surface area contributed by atoms with E-state index in [0.29, 0.717) is 19.6 Å². The van der Waals surface area contributed by atoms with Gasteiger partial charge < -0.3 is 15.5 Å². The second kappa shape index (κ2) is 11.3. The van der Waals surface area contributed by atoms with Gasteiger partial charge in [-0.05, 0) is 45.4 Å². The fourth-order valence-electron chi connectivity index (χ4n) is 2.15. The Morgan fingerprint density at radius 2 is 1.72 bits per heavy atom. The van der Waals surface area contributed by atoms with Crippen molar-refractivity contribution in [3.05, 3.63) is 35.6 Å². The molecule has 0 aliphatic rings. The van der Waals surface area contributed by atoms with Gasteiger partial charge in [-0.1, -0.05) is 12.1 Å². The van der Waals surface area contributed by atoms with E-state index in [-0.39, 0.29) is 35.7 Å². The van der Waals surface area contributed by atoms with Crippen LogP contribution in [0.3, 0.4) is 0 Å². The third-order valence-electron chi connectivity index (χ3n) is 3.61. The number of amides is 1. The van der Waals surface area contributed by atoms with Crippen molar-refractivity contribution in [3.8, 4) is 0 Å². The van der Waals surface area contributed by atoms with E-state index in [2.05, 4.69) is 15.6 Å². The number of carbonyl (C=O) groups is 1. The van der Waals surface area contributed by atoms with Crippen molar-refractivity contribution in [1.82, 2.24) is 15.5 Å². The van der Waals surface area contributed by atoms with Crippen LogP contribution in [0.15, 0.2) is 29.3 Å². The molecule has 0 saturated carbocycles. The molecular weight excluding hydrogens is 434 g/mol. The molecule has 1 aromatic carbocycles. The summed E-state index contributed by atoms with van der Waals surface area (Å²) in [6.45, 7) is 9.98. The fourth-order valence-corrected chi connectivity index (χ4v) is 2.15. The van der Waals surface area contributed by atoms with E-state index in [1.807, 2.05) is 39.6 Å². The summed E-state index contributed by atoms with van der Waals surface area (Å²) >= 11 is 0. The summed E-state index contributed by atoms with van der Waals surface area (Å²) in [5.41, 5.74) is 0.417. The molecule has 0 aromatic heterocycles. The molecule has 0 aliphatic heterocycles. The van der Waals surface area contributed by atoms with Gasteiger partial charge in [0.25, 0.3) is 0 Å². The van der Waals surface area contributed by atoms with Gasteiger partial charge in [0.1, 0.15) is 5.82 Å². The number of nitrogens with one attached hydrogen (secondary N) is 2. The zero-order valence-electron chi connectivity index (χ0n) is 15.7. The Hall–Kier alpha value is -1.38. The van der Waals surface area contributed by atoms with Crippen LogP contribution in [0, 0.1) is 11.2 Å². The minimum Gasteiger partial charge on any atom is -0.357 e. The third-order valence-corrected chi connectivity index (χ3v) is 3.61. The zero-order valence-corrected chi connectivity index (χ0v) is 18.1. The van der Waals surface area contributed by atoms with E-state index in [4.69, 9.17) is 0 Å². The largest absolute Gasteiger partial charge is 0.357 e. The van der Waals surface area contributed by atoms with E-state index in [9.17, 15) is 9.18 Å². The van der Waals surface area contributed by atoms with Crippen LogP contribution in [0.2, 0.25) is 0 Å². The zero-order chi connectivity index (χ0) is 18.2. The SMILES string of the molecule is CCNC(=O)C(C)(C)CN=C(NCC)N(C)Cc1ccc(F)cc1.I. The number of nitrogens with zero attached hydrogens (tertiary/aromatic N) is 2. The lowest BCUT2D eigenvalue weighted by atomic mass is 9.92. The molecule has 0 aliphatic carbocycles. The molecule has 1 rings (SSSR count). The normalized spacial score (nSPS) is 11.5. The molecule has 0 bridgehead atoms. The first-order valence-corrected chi connectivity index (χ1v) is 8.32. The van der Waals surface area contributed by atoms with Crippen LogP contribution in [-0.2, 0) is 11.3 Å².